The molecule has 1 aliphatic rings. The molecular formula is C16H12N8O2. The smallest absolute Gasteiger partial charge is 0.232 e. The van der Waals surface area contributed by atoms with E-state index < -0.39 is 0 Å². The Morgan fingerprint density at radius 2 is 1.96 bits per heavy atom. The van der Waals surface area contributed by atoms with E-state index in [0.29, 0.717) is 34.5 Å². The van der Waals surface area contributed by atoms with Crippen LogP contribution in [0.5, 0.6) is 11.5 Å². The number of hydrogen-bond acceptors (Lipinski definition) is 9. The Labute approximate surface area is 146 Å². The summed E-state index contributed by atoms with van der Waals surface area (Å²) in [5.41, 5.74) is 2.01. The molecule has 0 amide bonds. The van der Waals surface area contributed by atoms with Gasteiger partial charge in [-0.2, -0.15) is 9.97 Å². The summed E-state index contributed by atoms with van der Waals surface area (Å²) < 4.78 is 10.7. The molecule has 0 saturated carbocycles. The summed E-state index contributed by atoms with van der Waals surface area (Å²) in [5.74, 6) is 2.86. The average Bonchev–Trinajstić information content (AvgIpc) is 3.31. The summed E-state index contributed by atoms with van der Waals surface area (Å²) in [5, 5.41) is 6.27. The summed E-state index contributed by atoms with van der Waals surface area (Å²) in [6.45, 7) is 0.225. The third-order valence-electron chi connectivity index (χ3n) is 3.72. The second-order valence-electron chi connectivity index (χ2n) is 5.41. The largest absolute Gasteiger partial charge is 0.454 e. The molecule has 0 spiro atoms. The fourth-order valence-corrected chi connectivity index (χ4v) is 2.57. The molecule has 5 rings (SSSR count). The molecule has 128 valence electrons. The van der Waals surface area contributed by atoms with Crippen LogP contribution in [-0.4, -0.2) is 36.7 Å². The van der Waals surface area contributed by atoms with Crippen LogP contribution in [0.4, 0.5) is 23.3 Å². The molecule has 3 aromatic heterocycles. The zero-order chi connectivity index (χ0) is 17.3. The van der Waals surface area contributed by atoms with Gasteiger partial charge < -0.3 is 25.1 Å². The van der Waals surface area contributed by atoms with Crippen LogP contribution >= 0.6 is 0 Å². The molecule has 10 nitrogen and oxygen atoms in total. The molecule has 4 aromatic rings. The normalized spacial score (nSPS) is 12.3. The van der Waals surface area contributed by atoms with Crippen LogP contribution in [0.1, 0.15) is 0 Å². The Kier molecular flexibility index (Phi) is 3.24. The second kappa shape index (κ2) is 5.84. The van der Waals surface area contributed by atoms with Gasteiger partial charge in [0, 0.05) is 24.1 Å². The molecular weight excluding hydrogens is 336 g/mol. The number of imidazole rings is 1. The molecule has 0 unspecified atom stereocenters. The first-order chi connectivity index (χ1) is 12.8. The number of aromatic nitrogens is 6. The zero-order valence-electron chi connectivity index (χ0n) is 13.3. The van der Waals surface area contributed by atoms with Gasteiger partial charge in [-0.1, -0.05) is 0 Å². The molecule has 3 N–H and O–H groups in total. The van der Waals surface area contributed by atoms with Crippen molar-refractivity contribution in [3.8, 4) is 11.5 Å². The van der Waals surface area contributed by atoms with Crippen LogP contribution in [0.3, 0.4) is 0 Å². The predicted molar refractivity (Wildman–Crippen MR) is 92.8 cm³/mol. The van der Waals surface area contributed by atoms with Crippen molar-refractivity contribution in [1.29, 1.82) is 0 Å². The molecule has 0 atom stereocenters. The van der Waals surface area contributed by atoms with Gasteiger partial charge in [-0.15, -0.1) is 0 Å². The van der Waals surface area contributed by atoms with Crippen LogP contribution in [0.25, 0.3) is 11.2 Å². The van der Waals surface area contributed by atoms with E-state index >= 15 is 0 Å². The van der Waals surface area contributed by atoms with Crippen molar-refractivity contribution >= 4 is 34.4 Å². The molecule has 0 aliphatic carbocycles. The van der Waals surface area contributed by atoms with Crippen molar-refractivity contribution in [2.45, 2.75) is 0 Å². The third-order valence-corrected chi connectivity index (χ3v) is 3.72. The third kappa shape index (κ3) is 2.59. The lowest BCUT2D eigenvalue weighted by Gasteiger charge is -2.09. The van der Waals surface area contributed by atoms with E-state index in [4.69, 9.17) is 9.47 Å². The number of benzene rings is 1. The molecule has 0 fully saturated rings. The number of ether oxygens (including phenoxy) is 2. The monoisotopic (exact) mass is 348 g/mol. The number of rotatable bonds is 4. The highest BCUT2D eigenvalue weighted by molar-refractivity contribution is 5.86. The maximum absolute atomic E-state index is 5.41. The van der Waals surface area contributed by atoms with Crippen molar-refractivity contribution in [2.75, 3.05) is 17.4 Å². The Bertz CT molecular complexity index is 1080. The summed E-state index contributed by atoms with van der Waals surface area (Å²) in [6.07, 6.45) is 6.33. The topological polar surface area (TPSA) is 123 Å². The summed E-state index contributed by atoms with van der Waals surface area (Å²) >= 11 is 0. The van der Waals surface area contributed by atoms with E-state index in [9.17, 15) is 0 Å². The highest BCUT2D eigenvalue weighted by atomic mass is 16.7. The van der Waals surface area contributed by atoms with Crippen molar-refractivity contribution in [1.82, 2.24) is 29.9 Å². The molecule has 4 heterocycles. The molecule has 1 aliphatic heterocycles. The lowest BCUT2D eigenvalue weighted by molar-refractivity contribution is 0.174. The second-order valence-corrected chi connectivity index (χ2v) is 5.41. The van der Waals surface area contributed by atoms with E-state index in [2.05, 4.69) is 40.5 Å². The van der Waals surface area contributed by atoms with E-state index in [1.165, 1.54) is 0 Å². The minimum absolute atomic E-state index is 0.225. The summed E-state index contributed by atoms with van der Waals surface area (Å²) in [7, 11) is 0. The highest BCUT2D eigenvalue weighted by Gasteiger charge is 2.15. The van der Waals surface area contributed by atoms with E-state index in [1.807, 2.05) is 18.2 Å². The molecule has 0 bridgehead atoms. The van der Waals surface area contributed by atoms with Crippen LogP contribution in [-0.2, 0) is 0 Å². The summed E-state index contributed by atoms with van der Waals surface area (Å²) in [4.78, 5) is 24.3. The van der Waals surface area contributed by atoms with Crippen LogP contribution in [0, 0.1) is 0 Å². The molecule has 10 heteroatoms. The Hall–Kier alpha value is -3.95. The molecule has 26 heavy (non-hydrogen) atoms. The van der Waals surface area contributed by atoms with Crippen molar-refractivity contribution < 1.29 is 9.47 Å². The standard InChI is InChI=1S/C16H12N8O2/c1-2-10-11(26-8-25-10)5-9(1)21-15-13-14(20-7-19-13)23-16(24-15)22-12-6-17-3-4-18-12/h1-7H,8H2,(H3,18,19,20,21,22,23,24). The lowest BCUT2D eigenvalue weighted by atomic mass is 10.2. The number of aromatic amines is 1. The minimum Gasteiger partial charge on any atom is -0.454 e. The first-order valence-electron chi connectivity index (χ1n) is 7.76. The Balaban J connectivity index is 1.51. The maximum Gasteiger partial charge on any atom is 0.232 e. The van der Waals surface area contributed by atoms with E-state index in [-0.39, 0.29) is 6.79 Å². The predicted octanol–water partition coefficient (Wildman–Crippen LogP) is 2.36. The fraction of sp³-hybridized carbons (Fsp3) is 0.0625. The lowest BCUT2D eigenvalue weighted by Crippen LogP contribution is -2.03. The van der Waals surface area contributed by atoms with E-state index in [1.54, 1.807) is 24.9 Å². The number of nitrogens with one attached hydrogen (secondary N) is 3. The maximum atomic E-state index is 5.41. The van der Waals surface area contributed by atoms with Crippen molar-refractivity contribution in [2.24, 2.45) is 0 Å². The van der Waals surface area contributed by atoms with Gasteiger partial charge in [0.25, 0.3) is 0 Å². The average molecular weight is 348 g/mol. The van der Waals surface area contributed by atoms with Gasteiger partial charge in [0.1, 0.15) is 5.52 Å². The zero-order valence-corrected chi connectivity index (χ0v) is 13.3. The first-order valence-corrected chi connectivity index (χ1v) is 7.76. The van der Waals surface area contributed by atoms with Gasteiger partial charge in [-0.05, 0) is 12.1 Å². The number of fused-ring (bicyclic) bond motifs is 2. The van der Waals surface area contributed by atoms with Gasteiger partial charge in [-0.25, -0.2) is 9.97 Å². The van der Waals surface area contributed by atoms with Gasteiger partial charge >= 0.3 is 0 Å². The van der Waals surface area contributed by atoms with Crippen molar-refractivity contribution in [3.05, 3.63) is 43.1 Å². The first kappa shape index (κ1) is 14.4. The minimum atomic E-state index is 0.225. The van der Waals surface area contributed by atoms with Crippen LogP contribution < -0.4 is 20.1 Å². The number of H-pyrrole nitrogens is 1. The molecule has 0 radical (unpaired) electrons. The molecule has 0 saturated heterocycles. The van der Waals surface area contributed by atoms with Crippen LogP contribution in [0.2, 0.25) is 0 Å². The highest BCUT2D eigenvalue weighted by Crippen LogP contribution is 2.35. The van der Waals surface area contributed by atoms with Gasteiger partial charge in [0.05, 0.1) is 12.5 Å². The number of anilines is 4. The van der Waals surface area contributed by atoms with Crippen LogP contribution in [0.15, 0.2) is 43.1 Å². The van der Waals surface area contributed by atoms with Gasteiger partial charge in [-0.3, -0.25) is 4.98 Å². The fourth-order valence-electron chi connectivity index (χ4n) is 2.57. The Morgan fingerprint density at radius 3 is 2.88 bits per heavy atom. The Morgan fingerprint density at radius 1 is 1.00 bits per heavy atom. The van der Waals surface area contributed by atoms with Gasteiger partial charge in [0.15, 0.2) is 28.8 Å². The van der Waals surface area contributed by atoms with Gasteiger partial charge in [0.2, 0.25) is 12.7 Å². The number of nitrogens with zero attached hydrogens (tertiary/aromatic N) is 5. The SMILES string of the molecule is c1cnc(Nc2nc(Nc3ccc4c(c3)OCO4)c3[nH]cnc3n2)cn1. The summed E-state index contributed by atoms with van der Waals surface area (Å²) in [6, 6.07) is 5.57. The molecule has 1 aromatic carbocycles. The van der Waals surface area contributed by atoms with Crippen molar-refractivity contribution in [3.63, 3.8) is 0 Å². The number of hydrogen-bond donors (Lipinski definition) is 3. The van der Waals surface area contributed by atoms with E-state index in [0.717, 1.165) is 11.4 Å². The quantitative estimate of drug-likeness (QED) is 0.510.